The van der Waals surface area contributed by atoms with Gasteiger partial charge in [0.1, 0.15) is 0 Å². The molecule has 1 aliphatic heterocycles. The van der Waals surface area contributed by atoms with Gasteiger partial charge in [0, 0.05) is 36.8 Å². The molecule has 1 fully saturated rings. The second kappa shape index (κ2) is 5.15. The molecule has 0 spiro atoms. The van der Waals surface area contributed by atoms with E-state index < -0.39 is 0 Å². The molecule has 1 rings (SSSR count). The molecule has 0 saturated carbocycles. The van der Waals surface area contributed by atoms with Crippen LogP contribution in [-0.4, -0.2) is 36.6 Å². The lowest BCUT2D eigenvalue weighted by Gasteiger charge is -2.43. The van der Waals surface area contributed by atoms with Crippen LogP contribution in [0.4, 0.5) is 0 Å². The maximum atomic E-state index is 5.83. The van der Waals surface area contributed by atoms with Crippen LogP contribution >= 0.6 is 11.6 Å². The average Bonchev–Trinajstić information content (AvgIpc) is 2.17. The van der Waals surface area contributed by atoms with Crippen molar-refractivity contribution in [3.63, 3.8) is 0 Å². The summed E-state index contributed by atoms with van der Waals surface area (Å²) in [6, 6.07) is 0. The first-order valence-electron chi connectivity index (χ1n) is 5.42. The Kier molecular flexibility index (Phi) is 4.42. The largest absolute Gasteiger partial charge is 0.309 e. The van der Waals surface area contributed by atoms with E-state index in [0.29, 0.717) is 5.54 Å². The van der Waals surface area contributed by atoms with Crippen molar-refractivity contribution in [3.8, 4) is 0 Å². The summed E-state index contributed by atoms with van der Waals surface area (Å²) in [6.45, 7) is 12.3. The van der Waals surface area contributed by atoms with E-state index in [9.17, 15) is 0 Å². The normalized spacial score (nSPS) is 22.2. The average molecular weight is 217 g/mol. The Morgan fingerprint density at radius 1 is 1.50 bits per heavy atom. The molecule has 0 atom stereocenters. The van der Waals surface area contributed by atoms with Crippen LogP contribution in [0.2, 0.25) is 0 Å². The highest BCUT2D eigenvalue weighted by Crippen LogP contribution is 2.20. The minimum atomic E-state index is 0.296. The smallest absolute Gasteiger partial charge is 0.0336 e. The summed E-state index contributed by atoms with van der Waals surface area (Å²) in [5, 5.41) is 4.36. The molecule has 3 heteroatoms. The molecular weight excluding hydrogens is 196 g/mol. The molecule has 82 valence electrons. The zero-order chi connectivity index (χ0) is 10.6. The fourth-order valence-corrected chi connectivity index (χ4v) is 2.31. The van der Waals surface area contributed by atoms with E-state index in [1.165, 1.54) is 12.8 Å². The summed E-state index contributed by atoms with van der Waals surface area (Å²) in [5.41, 5.74) is 0.296. The number of halogens is 1. The van der Waals surface area contributed by atoms with Crippen LogP contribution in [0.15, 0.2) is 11.6 Å². The topological polar surface area (TPSA) is 15.3 Å². The lowest BCUT2D eigenvalue weighted by atomic mass is 9.90. The highest BCUT2D eigenvalue weighted by Gasteiger charge is 2.31. The lowest BCUT2D eigenvalue weighted by molar-refractivity contribution is 0.134. The second-order valence-electron chi connectivity index (χ2n) is 4.14. The molecule has 0 aromatic rings. The first-order chi connectivity index (χ1) is 6.62. The monoisotopic (exact) mass is 216 g/mol. The summed E-state index contributed by atoms with van der Waals surface area (Å²) in [7, 11) is 0. The van der Waals surface area contributed by atoms with Crippen LogP contribution < -0.4 is 5.32 Å². The Hall–Kier alpha value is -0.0500. The third kappa shape index (κ3) is 2.97. The fourth-order valence-electron chi connectivity index (χ4n) is 2.14. The Balaban J connectivity index is 2.53. The summed E-state index contributed by atoms with van der Waals surface area (Å²) >= 11 is 5.83. The van der Waals surface area contributed by atoms with Crippen LogP contribution in [0.25, 0.3) is 0 Å². The highest BCUT2D eigenvalue weighted by atomic mass is 35.5. The maximum absolute atomic E-state index is 5.83. The fraction of sp³-hybridized carbons (Fsp3) is 0.818. The molecule has 1 saturated heterocycles. The van der Waals surface area contributed by atoms with Gasteiger partial charge >= 0.3 is 0 Å². The molecule has 0 radical (unpaired) electrons. The van der Waals surface area contributed by atoms with Crippen molar-refractivity contribution < 1.29 is 0 Å². The van der Waals surface area contributed by atoms with Gasteiger partial charge in [-0.1, -0.05) is 32.0 Å². The molecule has 0 amide bonds. The molecule has 1 aliphatic rings. The zero-order valence-corrected chi connectivity index (χ0v) is 10.0. The predicted molar refractivity (Wildman–Crippen MR) is 62.7 cm³/mol. The van der Waals surface area contributed by atoms with Crippen LogP contribution in [-0.2, 0) is 0 Å². The molecule has 0 aromatic heterocycles. The van der Waals surface area contributed by atoms with Crippen molar-refractivity contribution in [2.24, 2.45) is 0 Å². The Morgan fingerprint density at radius 2 is 2.14 bits per heavy atom. The van der Waals surface area contributed by atoms with Crippen molar-refractivity contribution in [1.29, 1.82) is 0 Å². The SMILES string of the molecule is C=C(Cl)CN1CCNC(CC)(CC)C1. The van der Waals surface area contributed by atoms with Crippen LogP contribution in [0, 0.1) is 0 Å². The van der Waals surface area contributed by atoms with Crippen molar-refractivity contribution in [2.75, 3.05) is 26.2 Å². The molecule has 0 aliphatic carbocycles. The molecule has 14 heavy (non-hydrogen) atoms. The third-order valence-corrected chi connectivity index (χ3v) is 3.32. The number of piperazine rings is 1. The number of hydrogen-bond donors (Lipinski definition) is 1. The van der Waals surface area contributed by atoms with Gasteiger partial charge in [-0.25, -0.2) is 0 Å². The molecular formula is C11H21ClN2. The van der Waals surface area contributed by atoms with Gasteiger partial charge < -0.3 is 5.32 Å². The number of nitrogens with one attached hydrogen (secondary N) is 1. The number of hydrogen-bond acceptors (Lipinski definition) is 2. The van der Waals surface area contributed by atoms with Gasteiger partial charge in [0.2, 0.25) is 0 Å². The first kappa shape index (κ1) is 12.0. The van der Waals surface area contributed by atoms with E-state index in [4.69, 9.17) is 11.6 Å². The van der Waals surface area contributed by atoms with Gasteiger partial charge in [-0.2, -0.15) is 0 Å². The maximum Gasteiger partial charge on any atom is 0.0336 e. The van der Waals surface area contributed by atoms with E-state index in [0.717, 1.165) is 31.2 Å². The van der Waals surface area contributed by atoms with E-state index >= 15 is 0 Å². The van der Waals surface area contributed by atoms with Gasteiger partial charge in [0.25, 0.3) is 0 Å². The Labute approximate surface area is 92.3 Å². The van der Waals surface area contributed by atoms with Crippen LogP contribution in [0.1, 0.15) is 26.7 Å². The Bertz CT molecular complexity index is 199. The second-order valence-corrected chi connectivity index (χ2v) is 4.68. The standard InChI is InChI=1S/C11H21ClN2/c1-4-11(5-2)9-14(7-6-13-11)8-10(3)12/h13H,3-9H2,1-2H3. The summed E-state index contributed by atoms with van der Waals surface area (Å²) in [5.74, 6) is 0. The van der Waals surface area contributed by atoms with Crippen molar-refractivity contribution in [1.82, 2.24) is 10.2 Å². The van der Waals surface area contributed by atoms with E-state index in [1.807, 2.05) is 0 Å². The number of rotatable bonds is 4. The molecule has 1 heterocycles. The quantitative estimate of drug-likeness (QED) is 0.775. The lowest BCUT2D eigenvalue weighted by Crippen LogP contribution is -2.59. The predicted octanol–water partition coefficient (Wildman–Crippen LogP) is 2.20. The van der Waals surface area contributed by atoms with E-state index in [-0.39, 0.29) is 0 Å². The van der Waals surface area contributed by atoms with E-state index in [1.54, 1.807) is 0 Å². The van der Waals surface area contributed by atoms with Crippen LogP contribution in [0.3, 0.4) is 0 Å². The summed E-state index contributed by atoms with van der Waals surface area (Å²) < 4.78 is 0. The van der Waals surface area contributed by atoms with Gasteiger partial charge in [0.15, 0.2) is 0 Å². The molecule has 0 unspecified atom stereocenters. The highest BCUT2D eigenvalue weighted by molar-refractivity contribution is 6.29. The van der Waals surface area contributed by atoms with Gasteiger partial charge in [-0.05, 0) is 12.8 Å². The third-order valence-electron chi connectivity index (χ3n) is 3.20. The zero-order valence-electron chi connectivity index (χ0n) is 9.27. The molecule has 2 nitrogen and oxygen atoms in total. The number of nitrogens with zero attached hydrogens (tertiary/aromatic N) is 1. The Morgan fingerprint density at radius 3 is 2.64 bits per heavy atom. The minimum Gasteiger partial charge on any atom is -0.309 e. The van der Waals surface area contributed by atoms with Gasteiger partial charge in [0.05, 0.1) is 0 Å². The molecule has 0 aromatic carbocycles. The summed E-state index contributed by atoms with van der Waals surface area (Å²) in [6.07, 6.45) is 2.35. The minimum absolute atomic E-state index is 0.296. The van der Waals surface area contributed by atoms with Crippen molar-refractivity contribution in [3.05, 3.63) is 11.6 Å². The van der Waals surface area contributed by atoms with E-state index in [2.05, 4.69) is 30.6 Å². The molecule has 1 N–H and O–H groups in total. The van der Waals surface area contributed by atoms with Crippen molar-refractivity contribution >= 4 is 11.6 Å². The molecule has 0 bridgehead atoms. The first-order valence-corrected chi connectivity index (χ1v) is 5.80. The summed E-state index contributed by atoms with van der Waals surface area (Å²) in [4.78, 5) is 2.39. The van der Waals surface area contributed by atoms with Crippen molar-refractivity contribution in [2.45, 2.75) is 32.2 Å². The van der Waals surface area contributed by atoms with Gasteiger partial charge in [-0.3, -0.25) is 4.90 Å². The van der Waals surface area contributed by atoms with Gasteiger partial charge in [-0.15, -0.1) is 0 Å². The van der Waals surface area contributed by atoms with Crippen LogP contribution in [0.5, 0.6) is 0 Å².